The lowest BCUT2D eigenvalue weighted by molar-refractivity contribution is -0.136. The number of piperazine rings is 1. The van der Waals surface area contributed by atoms with E-state index in [-0.39, 0.29) is 47.6 Å². The van der Waals surface area contributed by atoms with Crippen molar-refractivity contribution in [3.8, 4) is 0 Å². The molecule has 6 amide bonds. The SMILES string of the molecule is O=C1CCC(N2C(=O)c3ccc(N4CCC(C(=O)NCCCCCC(=O)N5CCN(c6ccc(C7CN=C(NCc8ccco8)n8cnnc87)cc6)CC5)CC4)cc3C2=O)C(=O)N1. The maximum absolute atomic E-state index is 13.3. The Morgan fingerprint density at radius 3 is 2.35 bits per heavy atom. The molecule has 0 saturated carbocycles. The Morgan fingerprint density at radius 2 is 1.59 bits per heavy atom. The number of piperidine rings is 2. The molecule has 2 atom stereocenters. The Morgan fingerprint density at radius 1 is 0.825 bits per heavy atom. The average Bonchev–Trinajstić information content (AvgIpc) is 4.08. The summed E-state index contributed by atoms with van der Waals surface area (Å²) in [6, 6.07) is 16.4. The molecule has 0 spiro atoms. The van der Waals surface area contributed by atoms with Crippen molar-refractivity contribution in [3.05, 3.63) is 95.5 Å². The van der Waals surface area contributed by atoms with E-state index in [1.807, 2.05) is 21.6 Å². The number of hydrogen-bond donors (Lipinski definition) is 3. The van der Waals surface area contributed by atoms with E-state index in [0.29, 0.717) is 71.0 Å². The third-order valence-corrected chi connectivity index (χ3v) is 12.9. The van der Waals surface area contributed by atoms with E-state index in [4.69, 9.17) is 9.41 Å². The summed E-state index contributed by atoms with van der Waals surface area (Å²) >= 11 is 0. The molecule has 5 aliphatic rings. The second kappa shape index (κ2) is 18.2. The van der Waals surface area contributed by atoms with Crippen molar-refractivity contribution in [2.75, 3.05) is 62.2 Å². The summed E-state index contributed by atoms with van der Waals surface area (Å²) in [5.74, 6) is 0.316. The van der Waals surface area contributed by atoms with Crippen LogP contribution in [0.1, 0.15) is 95.1 Å². The zero-order valence-electron chi connectivity index (χ0n) is 35.0. The zero-order chi connectivity index (χ0) is 43.5. The van der Waals surface area contributed by atoms with Crippen LogP contribution in [0.25, 0.3) is 0 Å². The normalized spacial score (nSPS) is 20.3. The van der Waals surface area contributed by atoms with Crippen molar-refractivity contribution in [1.82, 2.24) is 40.5 Å². The average molecular weight is 858 g/mol. The largest absolute Gasteiger partial charge is 0.467 e. The first kappa shape index (κ1) is 41.5. The fraction of sp³-hybridized carbons (Fsp3) is 0.444. The van der Waals surface area contributed by atoms with E-state index < -0.39 is 29.7 Å². The Hall–Kier alpha value is -6.85. The monoisotopic (exact) mass is 857 g/mol. The molecule has 18 heteroatoms. The van der Waals surface area contributed by atoms with E-state index in [0.717, 1.165) is 65.8 Å². The number of nitrogens with zero attached hydrogens (tertiary/aromatic N) is 8. The molecule has 3 fully saturated rings. The fourth-order valence-corrected chi connectivity index (χ4v) is 9.23. The van der Waals surface area contributed by atoms with Gasteiger partial charge in [-0.25, -0.2) is 0 Å². The number of carbonyl (C=O) groups is 6. The molecule has 2 aromatic carbocycles. The van der Waals surface area contributed by atoms with Crippen molar-refractivity contribution in [1.29, 1.82) is 0 Å². The smallest absolute Gasteiger partial charge is 0.262 e. The predicted molar refractivity (Wildman–Crippen MR) is 230 cm³/mol. The molecule has 0 aliphatic carbocycles. The maximum Gasteiger partial charge on any atom is 0.262 e. The molecule has 18 nitrogen and oxygen atoms in total. The minimum Gasteiger partial charge on any atom is -0.467 e. The standard InChI is InChI=1S/C45H51N11O7/c57-38-14-13-37(42(60)50-38)56-43(61)34-12-11-32(25-35(34)44(56)62)52-18-15-30(16-19-52)41(59)46-17-3-1-2-6-39(58)54-22-20-53(21-23-54)31-9-7-29(8-10-31)36-27-48-45(55-28-49-51-40(36)55)47-26-33-5-4-24-63-33/h4-5,7-12,24-25,28,30,36-37H,1-3,6,13-23,26-27H2,(H,46,59)(H,47,48)(H,50,57,60). The van der Waals surface area contributed by atoms with Crippen LogP contribution >= 0.6 is 0 Å². The molecule has 63 heavy (non-hydrogen) atoms. The second-order valence-electron chi connectivity index (χ2n) is 16.7. The number of aliphatic imine (C=N–C) groups is 1. The lowest BCUT2D eigenvalue weighted by atomic mass is 9.95. The van der Waals surface area contributed by atoms with Gasteiger partial charge < -0.3 is 29.8 Å². The van der Waals surface area contributed by atoms with Crippen molar-refractivity contribution < 1.29 is 33.2 Å². The van der Waals surface area contributed by atoms with Gasteiger partial charge in [0, 0.05) is 75.9 Å². The number of furan rings is 1. The van der Waals surface area contributed by atoms with Crippen LogP contribution in [0.3, 0.4) is 0 Å². The van der Waals surface area contributed by atoms with Crippen LogP contribution in [-0.2, 0) is 25.7 Å². The third kappa shape index (κ3) is 8.79. The van der Waals surface area contributed by atoms with Crippen LogP contribution in [0.5, 0.6) is 0 Å². The molecule has 7 heterocycles. The van der Waals surface area contributed by atoms with Crippen LogP contribution in [0.4, 0.5) is 11.4 Å². The number of unbranched alkanes of at least 4 members (excludes halogenated alkanes) is 2. The minimum absolute atomic E-state index is 0.00914. The number of hydrogen-bond acceptors (Lipinski definition) is 13. The van der Waals surface area contributed by atoms with Crippen LogP contribution in [0.2, 0.25) is 0 Å². The molecular formula is C45H51N11O7. The topological polar surface area (TPSA) is 208 Å². The van der Waals surface area contributed by atoms with Crippen LogP contribution in [-0.4, -0.2) is 124 Å². The van der Waals surface area contributed by atoms with Gasteiger partial charge in [0.2, 0.25) is 29.6 Å². The summed E-state index contributed by atoms with van der Waals surface area (Å²) in [6.07, 6.45) is 7.72. The first-order valence-electron chi connectivity index (χ1n) is 21.9. The molecule has 5 aliphatic heterocycles. The first-order chi connectivity index (χ1) is 30.7. The highest BCUT2D eigenvalue weighted by Gasteiger charge is 2.45. The summed E-state index contributed by atoms with van der Waals surface area (Å²) in [6.45, 7) is 5.77. The first-order valence-corrected chi connectivity index (χ1v) is 21.9. The van der Waals surface area contributed by atoms with Gasteiger partial charge in [-0.3, -0.25) is 48.5 Å². The summed E-state index contributed by atoms with van der Waals surface area (Å²) in [4.78, 5) is 88.6. The number of nitrogens with one attached hydrogen (secondary N) is 3. The third-order valence-electron chi connectivity index (χ3n) is 12.9. The molecule has 9 rings (SSSR count). The number of amides is 6. The number of fused-ring (bicyclic) bond motifs is 2. The summed E-state index contributed by atoms with van der Waals surface area (Å²) in [7, 11) is 0. The predicted octanol–water partition coefficient (Wildman–Crippen LogP) is 2.65. The lowest BCUT2D eigenvalue weighted by Crippen LogP contribution is -2.54. The maximum atomic E-state index is 13.3. The van der Waals surface area contributed by atoms with Crippen molar-refractivity contribution in [3.63, 3.8) is 0 Å². The van der Waals surface area contributed by atoms with Gasteiger partial charge in [-0.2, -0.15) is 0 Å². The van der Waals surface area contributed by atoms with E-state index in [1.54, 1.807) is 30.8 Å². The quantitative estimate of drug-likeness (QED) is 0.131. The van der Waals surface area contributed by atoms with Gasteiger partial charge in [-0.1, -0.05) is 18.6 Å². The van der Waals surface area contributed by atoms with Crippen molar-refractivity contribution in [2.45, 2.75) is 69.9 Å². The van der Waals surface area contributed by atoms with Crippen molar-refractivity contribution >= 4 is 52.8 Å². The van der Waals surface area contributed by atoms with E-state index >= 15 is 0 Å². The summed E-state index contributed by atoms with van der Waals surface area (Å²) < 4.78 is 7.33. The van der Waals surface area contributed by atoms with Gasteiger partial charge in [0.1, 0.15) is 24.0 Å². The van der Waals surface area contributed by atoms with Gasteiger partial charge >= 0.3 is 0 Å². The summed E-state index contributed by atoms with van der Waals surface area (Å²) in [5, 5.41) is 17.2. The number of aromatic nitrogens is 3. The Kier molecular flexibility index (Phi) is 12.0. The Bertz CT molecular complexity index is 2400. The second-order valence-corrected chi connectivity index (χ2v) is 16.7. The Balaban J connectivity index is 0.652. The number of rotatable bonds is 13. The number of anilines is 2. The van der Waals surface area contributed by atoms with E-state index in [1.165, 1.54) is 0 Å². The van der Waals surface area contributed by atoms with Crippen LogP contribution in [0, 0.1) is 5.92 Å². The lowest BCUT2D eigenvalue weighted by Gasteiger charge is -2.36. The fourth-order valence-electron chi connectivity index (χ4n) is 9.23. The van der Waals surface area contributed by atoms with Gasteiger partial charge in [0.15, 0.2) is 0 Å². The van der Waals surface area contributed by atoms with Gasteiger partial charge in [-0.05, 0) is 80.1 Å². The van der Waals surface area contributed by atoms with Crippen molar-refractivity contribution in [2.24, 2.45) is 10.9 Å². The van der Waals surface area contributed by atoms with Crippen LogP contribution < -0.4 is 25.8 Å². The van der Waals surface area contributed by atoms with Gasteiger partial charge in [0.25, 0.3) is 11.8 Å². The number of imide groups is 2. The molecule has 2 unspecified atom stereocenters. The molecule has 0 bridgehead atoms. The Labute approximate surface area is 364 Å². The van der Waals surface area contributed by atoms with Crippen LogP contribution in [0.15, 0.2) is 76.6 Å². The zero-order valence-corrected chi connectivity index (χ0v) is 35.0. The highest BCUT2D eigenvalue weighted by atomic mass is 16.3. The van der Waals surface area contributed by atoms with Gasteiger partial charge in [0.05, 0.1) is 36.4 Å². The molecule has 2 aromatic heterocycles. The molecule has 4 aromatic rings. The molecule has 3 N–H and O–H groups in total. The minimum atomic E-state index is -1.01. The molecule has 0 radical (unpaired) electrons. The molecule has 328 valence electrons. The summed E-state index contributed by atoms with van der Waals surface area (Å²) in [5.41, 5.74) is 3.51. The number of carbonyl (C=O) groups excluding carboxylic acids is 6. The highest BCUT2D eigenvalue weighted by molar-refractivity contribution is 6.23. The van der Waals surface area contributed by atoms with E-state index in [9.17, 15) is 28.8 Å². The molecular weight excluding hydrogens is 807 g/mol. The molecule has 3 saturated heterocycles. The highest BCUT2D eigenvalue weighted by Crippen LogP contribution is 2.33. The number of benzene rings is 2. The van der Waals surface area contributed by atoms with Gasteiger partial charge in [-0.15, -0.1) is 10.2 Å². The van der Waals surface area contributed by atoms with E-state index in [2.05, 4.69) is 60.2 Å².